The van der Waals surface area contributed by atoms with Crippen LogP contribution in [-0.2, 0) is 9.53 Å². The van der Waals surface area contributed by atoms with Gasteiger partial charge in [-0.15, -0.1) is 0 Å². The minimum atomic E-state index is -0.149. The number of ether oxygens (including phenoxy) is 1. The van der Waals surface area contributed by atoms with E-state index in [0.717, 1.165) is 19.3 Å². The lowest BCUT2D eigenvalue weighted by Gasteiger charge is -2.22. The Bertz CT molecular complexity index is 188. The molecule has 0 saturated heterocycles. The number of hydrogen-bond acceptors (Lipinski definition) is 3. The van der Waals surface area contributed by atoms with Crippen LogP contribution in [0.1, 0.15) is 53.9 Å². The molecule has 0 aliphatic carbocycles. The average molecular weight is 229 g/mol. The maximum Gasteiger partial charge on any atom is 0.323 e. The van der Waals surface area contributed by atoms with Gasteiger partial charge in [0.25, 0.3) is 0 Å². The third-order valence-electron chi connectivity index (χ3n) is 2.67. The smallest absolute Gasteiger partial charge is 0.323 e. The summed E-state index contributed by atoms with van der Waals surface area (Å²) in [6, 6.07) is 0.264. The largest absolute Gasteiger partial charge is 0.464 e. The summed E-state index contributed by atoms with van der Waals surface area (Å²) in [7, 11) is 0. The monoisotopic (exact) mass is 229 g/mol. The minimum Gasteiger partial charge on any atom is -0.464 e. The highest BCUT2D eigenvalue weighted by atomic mass is 16.5. The van der Waals surface area contributed by atoms with Crippen LogP contribution in [0.3, 0.4) is 0 Å². The molecule has 0 saturated carbocycles. The van der Waals surface area contributed by atoms with Crippen LogP contribution < -0.4 is 5.32 Å². The molecule has 0 aliphatic heterocycles. The topological polar surface area (TPSA) is 38.3 Å². The predicted octanol–water partition coefficient (Wildman–Crippen LogP) is 2.74. The Morgan fingerprint density at radius 2 is 1.69 bits per heavy atom. The molecular formula is C13H27NO2. The normalized spacial score (nSPS) is 13.2. The number of nitrogens with one attached hydrogen (secondary N) is 1. The summed E-state index contributed by atoms with van der Waals surface area (Å²) in [5, 5.41) is 3.35. The molecule has 16 heavy (non-hydrogen) atoms. The van der Waals surface area contributed by atoms with Gasteiger partial charge in [-0.3, -0.25) is 4.79 Å². The van der Waals surface area contributed by atoms with Crippen molar-refractivity contribution in [2.45, 2.75) is 66.0 Å². The first-order chi connectivity index (χ1) is 7.54. The number of carbonyl (C=O) groups is 1. The molecule has 0 fully saturated rings. The first-order valence-electron chi connectivity index (χ1n) is 6.47. The first-order valence-corrected chi connectivity index (χ1v) is 6.47. The van der Waals surface area contributed by atoms with Gasteiger partial charge in [0.05, 0.1) is 6.61 Å². The Morgan fingerprint density at radius 1 is 1.12 bits per heavy atom. The molecule has 0 aromatic heterocycles. The first kappa shape index (κ1) is 15.4. The van der Waals surface area contributed by atoms with E-state index >= 15 is 0 Å². The summed E-state index contributed by atoms with van der Waals surface area (Å²) in [5.41, 5.74) is 0. The van der Waals surface area contributed by atoms with Crippen LogP contribution in [0.4, 0.5) is 0 Å². The molecule has 0 spiro atoms. The molecule has 1 atom stereocenters. The van der Waals surface area contributed by atoms with Crippen LogP contribution in [-0.4, -0.2) is 24.7 Å². The lowest BCUT2D eigenvalue weighted by Crippen LogP contribution is -2.43. The van der Waals surface area contributed by atoms with E-state index in [1.54, 1.807) is 0 Å². The standard InChI is InChI=1S/C13H27NO2/c1-6-11(7-2)14-12(8-3)13(15)16-9-10(4)5/h10-12,14H,6-9H2,1-5H3. The van der Waals surface area contributed by atoms with Crippen molar-refractivity contribution in [1.82, 2.24) is 5.32 Å². The maximum absolute atomic E-state index is 11.8. The van der Waals surface area contributed by atoms with E-state index in [-0.39, 0.29) is 12.0 Å². The van der Waals surface area contributed by atoms with Gasteiger partial charge in [-0.2, -0.15) is 0 Å². The molecule has 0 amide bonds. The molecule has 0 aromatic carbocycles. The summed E-state index contributed by atoms with van der Waals surface area (Å²) in [4.78, 5) is 11.8. The Kier molecular flexibility index (Phi) is 8.26. The molecular weight excluding hydrogens is 202 g/mol. The van der Waals surface area contributed by atoms with Crippen LogP contribution in [0.2, 0.25) is 0 Å². The van der Waals surface area contributed by atoms with Gasteiger partial charge in [0.1, 0.15) is 6.04 Å². The Labute approximate surface area is 99.9 Å². The number of carbonyl (C=O) groups excluding carboxylic acids is 1. The van der Waals surface area contributed by atoms with Crippen molar-refractivity contribution < 1.29 is 9.53 Å². The van der Waals surface area contributed by atoms with E-state index in [1.165, 1.54) is 0 Å². The molecule has 1 unspecified atom stereocenters. The van der Waals surface area contributed by atoms with Crippen molar-refractivity contribution in [3.63, 3.8) is 0 Å². The second-order valence-corrected chi connectivity index (χ2v) is 4.66. The number of rotatable bonds is 8. The van der Waals surface area contributed by atoms with Gasteiger partial charge >= 0.3 is 5.97 Å². The average Bonchev–Trinajstić information content (AvgIpc) is 2.27. The maximum atomic E-state index is 11.8. The fourth-order valence-corrected chi connectivity index (χ4v) is 1.51. The summed E-state index contributed by atoms with van der Waals surface area (Å²) in [5.74, 6) is 0.290. The predicted molar refractivity (Wildman–Crippen MR) is 67.4 cm³/mol. The lowest BCUT2D eigenvalue weighted by molar-refractivity contribution is -0.147. The molecule has 0 bridgehead atoms. The van der Waals surface area contributed by atoms with Crippen LogP contribution in [0.15, 0.2) is 0 Å². The molecule has 3 heteroatoms. The summed E-state index contributed by atoms with van der Waals surface area (Å²) in [6.45, 7) is 10.9. The number of esters is 1. The van der Waals surface area contributed by atoms with Gasteiger partial charge in [0, 0.05) is 6.04 Å². The van der Waals surface area contributed by atoms with Crippen molar-refractivity contribution in [2.24, 2.45) is 5.92 Å². The van der Waals surface area contributed by atoms with E-state index in [1.807, 2.05) is 20.8 Å². The van der Waals surface area contributed by atoms with Crippen LogP contribution in [0.5, 0.6) is 0 Å². The molecule has 0 heterocycles. The second-order valence-electron chi connectivity index (χ2n) is 4.66. The minimum absolute atomic E-state index is 0.108. The Balaban J connectivity index is 4.10. The van der Waals surface area contributed by atoms with Crippen molar-refractivity contribution in [3.8, 4) is 0 Å². The Hall–Kier alpha value is -0.570. The van der Waals surface area contributed by atoms with Gasteiger partial charge in [-0.05, 0) is 25.2 Å². The highest BCUT2D eigenvalue weighted by Crippen LogP contribution is 2.04. The van der Waals surface area contributed by atoms with Crippen molar-refractivity contribution in [1.29, 1.82) is 0 Å². The summed E-state index contributed by atoms with van der Waals surface area (Å²) in [6.07, 6.45) is 2.88. The van der Waals surface area contributed by atoms with E-state index in [2.05, 4.69) is 19.2 Å². The van der Waals surface area contributed by atoms with Crippen molar-refractivity contribution >= 4 is 5.97 Å². The van der Waals surface area contributed by atoms with E-state index in [4.69, 9.17) is 4.74 Å². The zero-order valence-electron chi connectivity index (χ0n) is 11.4. The fraction of sp³-hybridized carbons (Fsp3) is 0.923. The van der Waals surface area contributed by atoms with Gasteiger partial charge in [0.15, 0.2) is 0 Å². The second kappa shape index (κ2) is 8.57. The van der Waals surface area contributed by atoms with Gasteiger partial charge < -0.3 is 10.1 Å². The molecule has 0 aliphatic rings. The van der Waals surface area contributed by atoms with Crippen molar-refractivity contribution in [3.05, 3.63) is 0 Å². The molecule has 3 nitrogen and oxygen atoms in total. The van der Waals surface area contributed by atoms with E-state index in [0.29, 0.717) is 18.6 Å². The quantitative estimate of drug-likeness (QED) is 0.650. The van der Waals surface area contributed by atoms with E-state index in [9.17, 15) is 4.79 Å². The van der Waals surface area contributed by atoms with E-state index < -0.39 is 0 Å². The highest BCUT2D eigenvalue weighted by Gasteiger charge is 2.20. The molecule has 1 N–H and O–H groups in total. The van der Waals surface area contributed by atoms with Crippen LogP contribution in [0.25, 0.3) is 0 Å². The molecule has 0 aromatic rings. The fourth-order valence-electron chi connectivity index (χ4n) is 1.51. The molecule has 0 rings (SSSR count). The van der Waals surface area contributed by atoms with Crippen LogP contribution >= 0.6 is 0 Å². The Morgan fingerprint density at radius 3 is 2.06 bits per heavy atom. The van der Waals surface area contributed by atoms with Gasteiger partial charge in [0.2, 0.25) is 0 Å². The SMILES string of the molecule is CCC(CC)NC(CC)C(=O)OCC(C)C. The third kappa shape index (κ3) is 6.11. The third-order valence-corrected chi connectivity index (χ3v) is 2.67. The zero-order chi connectivity index (χ0) is 12.6. The van der Waals surface area contributed by atoms with Gasteiger partial charge in [-0.25, -0.2) is 0 Å². The summed E-state index contributed by atoms with van der Waals surface area (Å²) < 4.78 is 5.24. The van der Waals surface area contributed by atoms with Crippen LogP contribution in [0, 0.1) is 5.92 Å². The molecule has 0 radical (unpaired) electrons. The highest BCUT2D eigenvalue weighted by molar-refractivity contribution is 5.75. The number of hydrogen-bond donors (Lipinski definition) is 1. The van der Waals surface area contributed by atoms with Gasteiger partial charge in [-0.1, -0.05) is 34.6 Å². The molecule has 96 valence electrons. The van der Waals surface area contributed by atoms with Crippen molar-refractivity contribution in [2.75, 3.05) is 6.61 Å². The summed E-state index contributed by atoms with van der Waals surface area (Å²) >= 11 is 0. The lowest BCUT2D eigenvalue weighted by atomic mass is 10.1. The zero-order valence-corrected chi connectivity index (χ0v) is 11.4.